The highest BCUT2D eigenvalue weighted by Crippen LogP contribution is 2.30. The number of nitrogens with one attached hydrogen (secondary N) is 3. The molecule has 0 bridgehead atoms. The van der Waals surface area contributed by atoms with Gasteiger partial charge >= 0.3 is 0 Å². The van der Waals surface area contributed by atoms with E-state index in [-0.39, 0.29) is 24.3 Å². The van der Waals surface area contributed by atoms with Crippen LogP contribution in [0.1, 0.15) is 47.0 Å². The maximum atomic E-state index is 14.4. The lowest BCUT2D eigenvalue weighted by molar-refractivity contribution is -0.121. The molecule has 1 saturated carbocycles. The number of aliphatic imine (C=N–C) groups is 1. The Balaban J connectivity index is 2.35. The smallest absolute Gasteiger partial charge is 0.227 e. The number of allylic oxidation sites excluding steroid dienone is 10. The molecule has 1 aliphatic carbocycles. The molecule has 0 radical (unpaired) electrons. The fraction of sp³-hybridized carbons (Fsp3) is 0.448. The Morgan fingerprint density at radius 3 is 2.31 bits per heavy atom. The molecule has 190 valence electrons. The van der Waals surface area contributed by atoms with E-state index < -0.39 is 5.67 Å². The highest BCUT2D eigenvalue weighted by molar-refractivity contribution is 6.10. The molecule has 0 spiro atoms. The van der Waals surface area contributed by atoms with Gasteiger partial charge in [0.2, 0.25) is 5.91 Å². The number of carbonyl (C=O) groups is 1. The first kappa shape index (κ1) is 28.2. The van der Waals surface area contributed by atoms with Gasteiger partial charge in [-0.1, -0.05) is 45.7 Å². The van der Waals surface area contributed by atoms with E-state index in [0.29, 0.717) is 30.2 Å². The molecule has 0 aromatic heterocycles. The Morgan fingerprint density at radius 1 is 1.17 bits per heavy atom. The second kappa shape index (κ2) is 13.2. The SMILES string of the molecule is C=CC(=C/C)/C(=C\C(=C)/C(C=C)=N/C(=C\C)NCC1(F)CNC1)/C=C(/NC(=O)C1CC1)C(C)CC. The lowest BCUT2D eigenvalue weighted by Crippen LogP contribution is -2.60. The normalized spacial score (nSPS) is 20.0. The zero-order valence-corrected chi connectivity index (χ0v) is 21.7. The summed E-state index contributed by atoms with van der Waals surface area (Å²) in [5.41, 5.74) is 2.62. The average Bonchev–Trinajstić information content (AvgIpc) is 3.68. The van der Waals surface area contributed by atoms with E-state index in [1.54, 1.807) is 18.2 Å². The summed E-state index contributed by atoms with van der Waals surface area (Å²) in [4.78, 5) is 17.1. The van der Waals surface area contributed by atoms with Crippen LogP contribution in [-0.4, -0.2) is 36.9 Å². The van der Waals surface area contributed by atoms with Crippen LogP contribution in [0.5, 0.6) is 0 Å². The van der Waals surface area contributed by atoms with Gasteiger partial charge in [-0.05, 0) is 80.1 Å². The summed E-state index contributed by atoms with van der Waals surface area (Å²) >= 11 is 0. The van der Waals surface area contributed by atoms with Crippen molar-refractivity contribution >= 4 is 11.6 Å². The van der Waals surface area contributed by atoms with Crippen molar-refractivity contribution in [2.24, 2.45) is 16.8 Å². The largest absolute Gasteiger partial charge is 0.367 e. The van der Waals surface area contributed by atoms with E-state index in [2.05, 4.69) is 54.5 Å². The van der Waals surface area contributed by atoms with Crippen LogP contribution in [-0.2, 0) is 4.79 Å². The van der Waals surface area contributed by atoms with Crippen LogP contribution in [0.2, 0.25) is 0 Å². The van der Waals surface area contributed by atoms with Crippen LogP contribution in [0, 0.1) is 11.8 Å². The fourth-order valence-corrected chi connectivity index (χ4v) is 3.51. The topological polar surface area (TPSA) is 65.5 Å². The second-order valence-corrected chi connectivity index (χ2v) is 9.23. The van der Waals surface area contributed by atoms with Crippen molar-refractivity contribution in [2.45, 2.75) is 52.6 Å². The maximum absolute atomic E-state index is 14.4. The summed E-state index contributed by atoms with van der Waals surface area (Å²) in [5.74, 6) is 0.941. The monoisotopic (exact) mass is 480 g/mol. The second-order valence-electron chi connectivity index (χ2n) is 9.23. The molecular weight excluding hydrogens is 439 g/mol. The molecular formula is C29H41FN4O. The predicted molar refractivity (Wildman–Crippen MR) is 146 cm³/mol. The van der Waals surface area contributed by atoms with Gasteiger partial charge in [-0.3, -0.25) is 4.79 Å². The van der Waals surface area contributed by atoms with Crippen LogP contribution in [0.3, 0.4) is 0 Å². The van der Waals surface area contributed by atoms with Crippen LogP contribution >= 0.6 is 0 Å². The zero-order valence-electron chi connectivity index (χ0n) is 21.7. The minimum atomic E-state index is -1.25. The van der Waals surface area contributed by atoms with Crippen LogP contribution < -0.4 is 16.0 Å². The molecule has 1 saturated heterocycles. The third kappa shape index (κ3) is 8.32. The summed E-state index contributed by atoms with van der Waals surface area (Å²) in [6.45, 7) is 20.9. The van der Waals surface area contributed by atoms with Gasteiger partial charge in [0, 0.05) is 24.7 Å². The van der Waals surface area contributed by atoms with E-state index >= 15 is 0 Å². The third-order valence-corrected chi connectivity index (χ3v) is 6.37. The van der Waals surface area contributed by atoms with E-state index in [4.69, 9.17) is 0 Å². The first-order valence-corrected chi connectivity index (χ1v) is 12.4. The third-order valence-electron chi connectivity index (χ3n) is 6.37. The first-order chi connectivity index (χ1) is 16.7. The molecule has 1 unspecified atom stereocenters. The molecule has 2 rings (SSSR count). The molecule has 1 heterocycles. The number of hydrogen-bond acceptors (Lipinski definition) is 4. The van der Waals surface area contributed by atoms with Crippen molar-refractivity contribution in [1.29, 1.82) is 0 Å². The molecule has 1 atom stereocenters. The van der Waals surface area contributed by atoms with Crippen molar-refractivity contribution in [3.63, 3.8) is 0 Å². The molecule has 6 heteroatoms. The number of nitrogens with zero attached hydrogens (tertiary/aromatic N) is 1. The quantitative estimate of drug-likeness (QED) is 0.229. The summed E-state index contributed by atoms with van der Waals surface area (Å²) in [7, 11) is 0. The van der Waals surface area contributed by atoms with Crippen molar-refractivity contribution < 1.29 is 9.18 Å². The van der Waals surface area contributed by atoms with Crippen molar-refractivity contribution in [3.05, 3.63) is 84.4 Å². The number of carbonyl (C=O) groups excluding carboxylic acids is 1. The summed E-state index contributed by atoms with van der Waals surface area (Å²) in [6, 6.07) is 0. The summed E-state index contributed by atoms with van der Waals surface area (Å²) in [6.07, 6.45) is 13.9. The lowest BCUT2D eigenvalue weighted by Gasteiger charge is -2.35. The van der Waals surface area contributed by atoms with Crippen LogP contribution in [0.25, 0.3) is 0 Å². The van der Waals surface area contributed by atoms with E-state index in [0.717, 1.165) is 36.1 Å². The van der Waals surface area contributed by atoms with Gasteiger partial charge in [-0.25, -0.2) is 9.38 Å². The Bertz CT molecular complexity index is 975. The molecule has 3 N–H and O–H groups in total. The Hall–Kier alpha value is -2.99. The zero-order chi connectivity index (χ0) is 26.0. The molecule has 5 nitrogen and oxygen atoms in total. The number of rotatable bonds is 14. The molecule has 1 amide bonds. The van der Waals surface area contributed by atoms with Crippen molar-refractivity contribution in [3.8, 4) is 0 Å². The minimum Gasteiger partial charge on any atom is -0.367 e. The number of hydrogen-bond donors (Lipinski definition) is 3. The predicted octanol–water partition coefficient (Wildman–Crippen LogP) is 5.45. The molecule has 2 aliphatic rings. The van der Waals surface area contributed by atoms with E-state index in [9.17, 15) is 9.18 Å². The number of amides is 1. The number of alkyl halides is 1. The van der Waals surface area contributed by atoms with Crippen molar-refractivity contribution in [2.75, 3.05) is 19.6 Å². The van der Waals surface area contributed by atoms with Crippen LogP contribution in [0.4, 0.5) is 4.39 Å². The minimum absolute atomic E-state index is 0.0831. The van der Waals surface area contributed by atoms with Gasteiger partial charge in [0.1, 0.15) is 5.82 Å². The maximum Gasteiger partial charge on any atom is 0.227 e. The lowest BCUT2D eigenvalue weighted by atomic mass is 9.96. The standard InChI is InChI=1S/C29H41FN4O/c1-8-20(6)26(34-28(35)23-13-14-23)16-24(22(9-2)10-3)15-21(7)25(11-4)33-27(12-5)32-19-29(30)17-31-18-29/h9-12,15-16,20,23,31-32H,2,4,7-8,13-14,17-19H2,1,3,5-6H3,(H,34,35)/b22-10-,24-15-,26-16+,27-12-,33-25+. The van der Waals surface area contributed by atoms with E-state index in [1.807, 2.05) is 32.1 Å². The summed E-state index contributed by atoms with van der Waals surface area (Å²) < 4.78 is 14.4. The Kier molecular flexibility index (Phi) is 10.6. The highest BCUT2D eigenvalue weighted by Gasteiger charge is 2.36. The Morgan fingerprint density at radius 2 is 1.86 bits per heavy atom. The van der Waals surface area contributed by atoms with Crippen molar-refractivity contribution in [1.82, 2.24) is 16.0 Å². The van der Waals surface area contributed by atoms with Crippen LogP contribution in [0.15, 0.2) is 89.4 Å². The van der Waals surface area contributed by atoms with Gasteiger partial charge in [-0.2, -0.15) is 0 Å². The van der Waals surface area contributed by atoms with Gasteiger partial charge in [0.15, 0.2) is 5.67 Å². The van der Waals surface area contributed by atoms with Gasteiger partial charge < -0.3 is 16.0 Å². The van der Waals surface area contributed by atoms with Gasteiger partial charge in [0.05, 0.1) is 12.3 Å². The molecule has 2 fully saturated rings. The average molecular weight is 481 g/mol. The molecule has 35 heavy (non-hydrogen) atoms. The van der Waals surface area contributed by atoms with E-state index in [1.165, 1.54) is 0 Å². The molecule has 0 aromatic rings. The Labute approximate surface area is 210 Å². The number of halogens is 1. The summed E-state index contributed by atoms with van der Waals surface area (Å²) in [5, 5.41) is 9.18. The van der Waals surface area contributed by atoms with Gasteiger partial charge in [0.25, 0.3) is 0 Å². The molecule has 0 aromatic carbocycles. The molecule has 1 aliphatic heterocycles. The first-order valence-electron chi connectivity index (χ1n) is 12.4. The van der Waals surface area contributed by atoms with Gasteiger partial charge in [-0.15, -0.1) is 0 Å². The highest BCUT2D eigenvalue weighted by atomic mass is 19.1. The fourth-order valence-electron chi connectivity index (χ4n) is 3.51.